The van der Waals surface area contributed by atoms with Crippen molar-refractivity contribution in [3.8, 4) is 11.3 Å². The maximum absolute atomic E-state index is 4.17. The molecule has 0 N–H and O–H groups in total. The van der Waals surface area contributed by atoms with Gasteiger partial charge < -0.3 is 0 Å². The van der Waals surface area contributed by atoms with E-state index in [9.17, 15) is 0 Å². The van der Waals surface area contributed by atoms with Crippen LogP contribution in [0.2, 0.25) is 0 Å². The minimum absolute atomic E-state index is 1.16. The van der Waals surface area contributed by atoms with Crippen molar-refractivity contribution < 1.29 is 0 Å². The second-order valence-electron chi connectivity index (χ2n) is 3.72. The summed E-state index contributed by atoms with van der Waals surface area (Å²) in [5.41, 5.74) is 4.99. The fraction of sp³-hybridized carbons (Fsp3) is 0.250. The Hall–Kier alpha value is -1.57. The molecule has 1 aromatic carbocycles. The molecule has 0 amide bonds. The van der Waals surface area contributed by atoms with E-state index in [4.69, 9.17) is 0 Å². The van der Waals surface area contributed by atoms with Gasteiger partial charge in [-0.3, -0.25) is 4.68 Å². The summed E-state index contributed by atoms with van der Waals surface area (Å²) >= 11 is 0. The summed E-state index contributed by atoms with van der Waals surface area (Å²) in [6, 6.07) is 8.59. The Bertz CT molecular complexity index is 435. The van der Waals surface area contributed by atoms with Gasteiger partial charge in [0.1, 0.15) is 0 Å². The Labute approximate surface area is 84.2 Å². The molecule has 2 nitrogen and oxygen atoms in total. The Morgan fingerprint density at radius 2 is 1.71 bits per heavy atom. The van der Waals surface area contributed by atoms with Crippen molar-refractivity contribution >= 4 is 0 Å². The molecule has 1 aromatic heterocycles. The summed E-state index contributed by atoms with van der Waals surface area (Å²) in [5.74, 6) is 0. The van der Waals surface area contributed by atoms with E-state index in [-0.39, 0.29) is 0 Å². The molecular weight excluding hydrogens is 172 g/mol. The number of rotatable bonds is 1. The van der Waals surface area contributed by atoms with Gasteiger partial charge in [-0.25, -0.2) is 0 Å². The van der Waals surface area contributed by atoms with Crippen LogP contribution < -0.4 is 0 Å². The van der Waals surface area contributed by atoms with Crippen LogP contribution in [-0.2, 0) is 7.05 Å². The first-order chi connectivity index (χ1) is 6.66. The van der Waals surface area contributed by atoms with Crippen molar-refractivity contribution in [1.82, 2.24) is 9.78 Å². The van der Waals surface area contributed by atoms with E-state index in [1.165, 1.54) is 16.7 Å². The highest BCUT2D eigenvalue weighted by atomic mass is 15.2. The van der Waals surface area contributed by atoms with E-state index in [0.717, 1.165) is 5.69 Å². The van der Waals surface area contributed by atoms with E-state index in [2.05, 4.69) is 37.1 Å². The molecule has 1 heterocycles. The molecule has 0 saturated carbocycles. The summed E-state index contributed by atoms with van der Waals surface area (Å²) in [6.07, 6.45) is 1.83. The second-order valence-corrected chi connectivity index (χ2v) is 3.72. The molecule has 72 valence electrons. The Morgan fingerprint density at radius 1 is 1.07 bits per heavy atom. The fourth-order valence-electron chi connectivity index (χ4n) is 1.78. The van der Waals surface area contributed by atoms with Crippen LogP contribution in [0.15, 0.2) is 30.5 Å². The van der Waals surface area contributed by atoms with Crippen LogP contribution in [0, 0.1) is 13.8 Å². The van der Waals surface area contributed by atoms with Gasteiger partial charge in [-0.2, -0.15) is 5.10 Å². The highest BCUT2D eigenvalue weighted by molar-refractivity contribution is 5.61. The van der Waals surface area contributed by atoms with Crippen LogP contribution in [0.4, 0.5) is 0 Å². The predicted octanol–water partition coefficient (Wildman–Crippen LogP) is 2.70. The average molecular weight is 186 g/mol. The van der Waals surface area contributed by atoms with Crippen molar-refractivity contribution in [3.05, 3.63) is 41.6 Å². The molecule has 0 aliphatic heterocycles. The summed E-state index contributed by atoms with van der Waals surface area (Å²) in [5, 5.41) is 4.17. The largest absolute Gasteiger partial charge is 0.268 e. The summed E-state index contributed by atoms with van der Waals surface area (Å²) in [6.45, 7) is 4.24. The zero-order valence-electron chi connectivity index (χ0n) is 8.78. The number of benzene rings is 1. The van der Waals surface area contributed by atoms with Gasteiger partial charge in [-0.05, 0) is 32.0 Å². The normalized spacial score (nSPS) is 10.5. The number of hydrogen-bond acceptors (Lipinski definition) is 1. The first kappa shape index (κ1) is 9.00. The average Bonchev–Trinajstić information content (AvgIpc) is 2.49. The minimum atomic E-state index is 1.16. The highest BCUT2D eigenvalue weighted by Crippen LogP contribution is 2.20. The fourth-order valence-corrected chi connectivity index (χ4v) is 1.78. The van der Waals surface area contributed by atoms with Crippen LogP contribution in [0.1, 0.15) is 11.1 Å². The third kappa shape index (κ3) is 1.55. The zero-order chi connectivity index (χ0) is 10.1. The first-order valence-electron chi connectivity index (χ1n) is 4.73. The van der Waals surface area contributed by atoms with Crippen molar-refractivity contribution in [2.45, 2.75) is 13.8 Å². The van der Waals surface area contributed by atoms with E-state index in [0.29, 0.717) is 0 Å². The lowest BCUT2D eigenvalue weighted by molar-refractivity contribution is 0.776. The molecule has 2 rings (SSSR count). The lowest BCUT2D eigenvalue weighted by Crippen LogP contribution is -1.93. The lowest BCUT2D eigenvalue weighted by Gasteiger charge is -2.05. The molecule has 0 unspecified atom stereocenters. The van der Waals surface area contributed by atoms with Gasteiger partial charge in [0, 0.05) is 18.8 Å². The minimum Gasteiger partial charge on any atom is -0.268 e. The smallest absolute Gasteiger partial charge is 0.0679 e. The molecule has 0 saturated heterocycles. The topological polar surface area (TPSA) is 17.8 Å². The van der Waals surface area contributed by atoms with Gasteiger partial charge in [0.15, 0.2) is 0 Å². The Morgan fingerprint density at radius 3 is 2.21 bits per heavy atom. The summed E-state index contributed by atoms with van der Waals surface area (Å²) in [7, 11) is 1.97. The van der Waals surface area contributed by atoms with Crippen LogP contribution >= 0.6 is 0 Å². The van der Waals surface area contributed by atoms with Crippen molar-refractivity contribution in [1.29, 1.82) is 0 Å². The van der Waals surface area contributed by atoms with E-state index in [1.54, 1.807) is 0 Å². The molecule has 2 aromatic rings. The second kappa shape index (κ2) is 3.29. The molecule has 0 bridgehead atoms. The van der Waals surface area contributed by atoms with Crippen molar-refractivity contribution in [2.24, 2.45) is 7.05 Å². The third-order valence-corrected chi connectivity index (χ3v) is 2.34. The Balaban J connectivity index is 2.57. The maximum atomic E-state index is 4.17. The molecular formula is C12H14N2. The van der Waals surface area contributed by atoms with E-state index >= 15 is 0 Å². The van der Waals surface area contributed by atoms with E-state index < -0.39 is 0 Å². The molecule has 0 radical (unpaired) electrons. The van der Waals surface area contributed by atoms with Crippen LogP contribution in [0.5, 0.6) is 0 Å². The van der Waals surface area contributed by atoms with Crippen molar-refractivity contribution in [3.63, 3.8) is 0 Å². The highest BCUT2D eigenvalue weighted by Gasteiger charge is 2.02. The SMILES string of the molecule is Cc1cc(C)cc(-c2ccnn2C)c1. The van der Waals surface area contributed by atoms with Crippen LogP contribution in [0.25, 0.3) is 11.3 Å². The van der Waals surface area contributed by atoms with Gasteiger partial charge in [0.05, 0.1) is 5.69 Å². The van der Waals surface area contributed by atoms with Gasteiger partial charge in [0.2, 0.25) is 0 Å². The molecule has 0 fully saturated rings. The van der Waals surface area contributed by atoms with Crippen molar-refractivity contribution in [2.75, 3.05) is 0 Å². The van der Waals surface area contributed by atoms with Gasteiger partial charge in [-0.1, -0.05) is 17.2 Å². The number of nitrogens with zero attached hydrogens (tertiary/aromatic N) is 2. The number of aromatic nitrogens is 2. The van der Waals surface area contributed by atoms with Gasteiger partial charge in [-0.15, -0.1) is 0 Å². The monoisotopic (exact) mass is 186 g/mol. The molecule has 14 heavy (non-hydrogen) atoms. The maximum Gasteiger partial charge on any atom is 0.0679 e. The standard InChI is InChI=1S/C12H14N2/c1-9-6-10(2)8-11(7-9)12-4-5-13-14(12)3/h4-8H,1-3H3. The lowest BCUT2D eigenvalue weighted by atomic mass is 10.1. The summed E-state index contributed by atoms with van der Waals surface area (Å²) in [4.78, 5) is 0. The van der Waals surface area contributed by atoms with Crippen LogP contribution in [-0.4, -0.2) is 9.78 Å². The number of hydrogen-bond donors (Lipinski definition) is 0. The van der Waals surface area contributed by atoms with E-state index in [1.807, 2.05) is 24.0 Å². The molecule has 2 heteroatoms. The van der Waals surface area contributed by atoms with Crippen LogP contribution in [0.3, 0.4) is 0 Å². The van der Waals surface area contributed by atoms with Gasteiger partial charge >= 0.3 is 0 Å². The predicted molar refractivity (Wildman–Crippen MR) is 58.1 cm³/mol. The quantitative estimate of drug-likeness (QED) is 0.669. The molecule has 0 spiro atoms. The first-order valence-corrected chi connectivity index (χ1v) is 4.73. The zero-order valence-corrected chi connectivity index (χ0v) is 8.78. The summed E-state index contributed by atoms with van der Waals surface area (Å²) < 4.78 is 1.90. The Kier molecular flexibility index (Phi) is 2.12. The molecule has 0 aliphatic rings. The molecule has 0 aliphatic carbocycles. The molecule has 0 atom stereocenters. The third-order valence-electron chi connectivity index (χ3n) is 2.34. The number of aryl methyl sites for hydroxylation is 3. The van der Waals surface area contributed by atoms with Gasteiger partial charge in [0.25, 0.3) is 0 Å².